The molecule has 0 spiro atoms. The molecule has 0 aliphatic carbocycles. The predicted molar refractivity (Wildman–Crippen MR) is 111 cm³/mol. The highest BCUT2D eigenvalue weighted by Crippen LogP contribution is 2.31. The van der Waals surface area contributed by atoms with Gasteiger partial charge in [-0.25, -0.2) is 4.98 Å². The topological polar surface area (TPSA) is 146 Å². The summed E-state index contributed by atoms with van der Waals surface area (Å²) in [5.74, 6) is 0.832. The first-order valence-electron chi connectivity index (χ1n) is 8.68. The molecule has 0 bridgehead atoms. The summed E-state index contributed by atoms with van der Waals surface area (Å²) in [5, 5.41) is 22.3. The Bertz CT molecular complexity index is 863. The van der Waals surface area contributed by atoms with Gasteiger partial charge >= 0.3 is 0 Å². The fourth-order valence-corrected chi connectivity index (χ4v) is 2.79. The third kappa shape index (κ3) is 4.38. The normalized spacial score (nSPS) is 18.2. The number of amides is 1. The fourth-order valence-electron chi connectivity index (χ4n) is 2.79. The molecule has 1 aromatic heterocycles. The summed E-state index contributed by atoms with van der Waals surface area (Å²) < 4.78 is 5.55. The van der Waals surface area contributed by atoms with Crippen LogP contribution >= 0.6 is 13.5 Å². The number of rotatable bonds is 5. The van der Waals surface area contributed by atoms with Crippen molar-refractivity contribution in [1.82, 2.24) is 15.3 Å². The number of aliphatic hydroxyl groups excluding tert-OH is 1. The molecule has 1 saturated heterocycles. The second-order valence-electron chi connectivity index (χ2n) is 6.50. The summed E-state index contributed by atoms with van der Waals surface area (Å²) in [6.07, 6.45) is 0.848. The van der Waals surface area contributed by atoms with Crippen molar-refractivity contribution in [2.45, 2.75) is 12.1 Å². The van der Waals surface area contributed by atoms with E-state index in [9.17, 15) is 9.90 Å². The first-order valence-corrected chi connectivity index (χ1v) is 8.68. The molecule has 11 heteroatoms. The Morgan fingerprint density at radius 3 is 2.86 bits per heavy atom. The third-order valence-electron chi connectivity index (χ3n) is 4.37. The Kier molecular flexibility index (Phi) is 6.07. The minimum atomic E-state index is -0.582. The van der Waals surface area contributed by atoms with E-state index >= 15 is 0 Å². The van der Waals surface area contributed by atoms with Gasteiger partial charge in [0.25, 0.3) is 5.91 Å². The van der Waals surface area contributed by atoms with Crippen LogP contribution in [-0.2, 0) is 0 Å². The number of nitrogens with one attached hydrogen (secondary N) is 4. The lowest BCUT2D eigenvalue weighted by molar-refractivity contribution is 0.100. The van der Waals surface area contributed by atoms with Crippen LogP contribution in [0.25, 0.3) is 0 Å². The molecule has 3 heterocycles. The maximum absolute atomic E-state index is 11.6. The number of anilines is 4. The van der Waals surface area contributed by atoms with E-state index in [2.05, 4.69) is 31.2 Å². The molecule has 7 N–H and O–H groups in total. The van der Waals surface area contributed by atoms with E-state index in [0.717, 1.165) is 24.5 Å². The fraction of sp³-hybridized carbons (Fsp3) is 0.353. The van der Waals surface area contributed by atoms with E-state index in [1.165, 1.54) is 6.20 Å². The number of hydrogen-bond acceptors (Lipinski definition) is 9. The van der Waals surface area contributed by atoms with Crippen LogP contribution in [0.1, 0.15) is 10.4 Å². The van der Waals surface area contributed by atoms with E-state index in [1.54, 1.807) is 6.07 Å². The van der Waals surface area contributed by atoms with Crippen molar-refractivity contribution in [1.29, 1.82) is 0 Å². The van der Waals surface area contributed by atoms with Crippen LogP contribution in [0.2, 0.25) is 0 Å². The molecule has 150 valence electrons. The molecule has 2 aliphatic rings. The van der Waals surface area contributed by atoms with Crippen LogP contribution in [0.3, 0.4) is 0 Å². The van der Waals surface area contributed by atoms with Gasteiger partial charge in [-0.15, -0.1) is 0 Å². The van der Waals surface area contributed by atoms with E-state index in [-0.39, 0.29) is 31.7 Å². The van der Waals surface area contributed by atoms with Crippen LogP contribution in [0.15, 0.2) is 24.4 Å². The molecule has 1 aromatic carbocycles. The standard InChI is InChI=1S/C17H21N7O3.H2S/c18-15(26)12-7-21-17(24-16(12)22-10-4-19-5-10)23-9-1-2-14-13(3-9)20-6-11(25)8-27-14;/h1-3,7,10-11,19-20,25H,4-6,8H2,(H2,18,26)(H2,21,22,23,24);1H2/t11-;/m0./s1. The van der Waals surface area contributed by atoms with E-state index in [0.29, 0.717) is 24.1 Å². The van der Waals surface area contributed by atoms with Crippen molar-refractivity contribution >= 4 is 42.5 Å². The summed E-state index contributed by atoms with van der Waals surface area (Å²) in [5.41, 5.74) is 7.17. The van der Waals surface area contributed by atoms with Gasteiger partial charge < -0.3 is 36.8 Å². The highest BCUT2D eigenvalue weighted by Gasteiger charge is 2.21. The number of carbonyl (C=O) groups excluding carboxylic acids is 1. The average Bonchev–Trinajstić information content (AvgIpc) is 2.80. The highest BCUT2D eigenvalue weighted by atomic mass is 32.1. The molecule has 1 atom stereocenters. The summed E-state index contributed by atoms with van der Waals surface area (Å²) in [6.45, 7) is 2.25. The van der Waals surface area contributed by atoms with Gasteiger partial charge in [-0.1, -0.05) is 0 Å². The lowest BCUT2D eigenvalue weighted by atomic mass is 10.1. The van der Waals surface area contributed by atoms with Crippen LogP contribution in [0.4, 0.5) is 23.1 Å². The van der Waals surface area contributed by atoms with Gasteiger partial charge in [-0.2, -0.15) is 18.5 Å². The number of nitrogens with zero attached hydrogens (tertiary/aromatic N) is 2. The zero-order valence-corrected chi connectivity index (χ0v) is 16.0. The lowest BCUT2D eigenvalue weighted by Crippen LogP contribution is -2.51. The number of hydrogen-bond donors (Lipinski definition) is 6. The molecule has 28 heavy (non-hydrogen) atoms. The van der Waals surface area contributed by atoms with Crippen molar-refractivity contribution in [2.24, 2.45) is 5.73 Å². The quantitative estimate of drug-likeness (QED) is 0.404. The largest absolute Gasteiger partial charge is 0.489 e. The maximum Gasteiger partial charge on any atom is 0.254 e. The molecular formula is C17H23N7O3S. The number of benzene rings is 1. The molecule has 0 unspecified atom stereocenters. The SMILES string of the molecule is NC(=O)c1cnc(Nc2ccc3c(c2)NC[C@H](O)CO3)nc1NC1CNC1.S. The van der Waals surface area contributed by atoms with Gasteiger partial charge in [-0.3, -0.25) is 4.79 Å². The summed E-state index contributed by atoms with van der Waals surface area (Å²) in [7, 11) is 0. The van der Waals surface area contributed by atoms with Crippen molar-refractivity contribution in [2.75, 3.05) is 42.2 Å². The second-order valence-corrected chi connectivity index (χ2v) is 6.50. The molecule has 2 aromatic rings. The monoisotopic (exact) mass is 405 g/mol. The zero-order chi connectivity index (χ0) is 18.8. The molecular weight excluding hydrogens is 382 g/mol. The number of fused-ring (bicyclic) bond motifs is 1. The minimum Gasteiger partial charge on any atom is -0.489 e. The van der Waals surface area contributed by atoms with Crippen LogP contribution < -0.4 is 31.7 Å². The van der Waals surface area contributed by atoms with Gasteiger partial charge in [0.15, 0.2) is 0 Å². The molecule has 1 amide bonds. The molecule has 0 radical (unpaired) electrons. The molecule has 2 aliphatic heterocycles. The molecule has 10 nitrogen and oxygen atoms in total. The smallest absolute Gasteiger partial charge is 0.254 e. The molecule has 1 fully saturated rings. The number of primary amides is 1. The van der Waals surface area contributed by atoms with Crippen LogP contribution in [0, 0.1) is 0 Å². The number of aliphatic hydroxyl groups is 1. The highest BCUT2D eigenvalue weighted by molar-refractivity contribution is 7.59. The Morgan fingerprint density at radius 1 is 1.32 bits per heavy atom. The van der Waals surface area contributed by atoms with Crippen molar-refractivity contribution < 1.29 is 14.6 Å². The van der Waals surface area contributed by atoms with Crippen molar-refractivity contribution in [3.05, 3.63) is 30.0 Å². The Hall–Kier alpha value is -2.76. The Labute approximate surface area is 168 Å². The predicted octanol–water partition coefficient (Wildman–Crippen LogP) is -0.0192. The van der Waals surface area contributed by atoms with E-state index in [1.807, 2.05) is 12.1 Å². The van der Waals surface area contributed by atoms with Gasteiger partial charge in [0, 0.05) is 31.5 Å². The average molecular weight is 405 g/mol. The van der Waals surface area contributed by atoms with Crippen LogP contribution in [0.5, 0.6) is 5.75 Å². The number of carbonyl (C=O) groups is 1. The van der Waals surface area contributed by atoms with Crippen molar-refractivity contribution in [3.63, 3.8) is 0 Å². The number of aromatic nitrogens is 2. The summed E-state index contributed by atoms with van der Waals surface area (Å²) in [4.78, 5) is 20.2. The number of β-amino-alcohol motifs (C(OH)–C–C–N with tert-alkyl or cyclic N) is 1. The number of nitrogens with two attached hydrogens (primary N) is 1. The van der Waals surface area contributed by atoms with Crippen molar-refractivity contribution in [3.8, 4) is 5.75 Å². The lowest BCUT2D eigenvalue weighted by Gasteiger charge is -2.29. The van der Waals surface area contributed by atoms with E-state index < -0.39 is 12.0 Å². The van der Waals surface area contributed by atoms with Crippen LogP contribution in [-0.4, -0.2) is 59.4 Å². The summed E-state index contributed by atoms with van der Waals surface area (Å²) >= 11 is 0. The first kappa shape index (κ1) is 20.0. The van der Waals surface area contributed by atoms with Gasteiger partial charge in [-0.05, 0) is 18.2 Å². The van der Waals surface area contributed by atoms with Gasteiger partial charge in [0.1, 0.15) is 24.3 Å². The zero-order valence-electron chi connectivity index (χ0n) is 15.0. The molecule has 0 saturated carbocycles. The maximum atomic E-state index is 11.6. The van der Waals surface area contributed by atoms with Gasteiger partial charge in [0.05, 0.1) is 17.3 Å². The minimum absolute atomic E-state index is 0. The Morgan fingerprint density at radius 2 is 2.14 bits per heavy atom. The second kappa shape index (κ2) is 8.50. The Balaban J connectivity index is 0.00000225. The van der Waals surface area contributed by atoms with Gasteiger partial charge in [0.2, 0.25) is 5.95 Å². The summed E-state index contributed by atoms with van der Waals surface area (Å²) in [6, 6.07) is 5.68. The number of ether oxygens (including phenoxy) is 1. The molecule has 4 rings (SSSR count). The first-order chi connectivity index (χ1) is 13.1. The van der Waals surface area contributed by atoms with E-state index in [4.69, 9.17) is 10.5 Å². The third-order valence-corrected chi connectivity index (χ3v) is 4.37.